The summed E-state index contributed by atoms with van der Waals surface area (Å²) in [6.07, 6.45) is 3.46. The third-order valence-corrected chi connectivity index (χ3v) is 7.57. The van der Waals surface area contributed by atoms with Crippen molar-refractivity contribution in [1.82, 2.24) is 10.3 Å². The van der Waals surface area contributed by atoms with Gasteiger partial charge in [0.25, 0.3) is 11.8 Å². The second kappa shape index (κ2) is 13.1. The van der Waals surface area contributed by atoms with Crippen LogP contribution in [0.5, 0.6) is 0 Å². The maximum absolute atomic E-state index is 13.5. The average molecular weight is 575 g/mol. The molecule has 0 unspecified atom stereocenters. The topological polar surface area (TPSA) is 103 Å². The number of rotatable bonds is 9. The van der Waals surface area contributed by atoms with Gasteiger partial charge in [0.1, 0.15) is 5.70 Å². The van der Waals surface area contributed by atoms with Gasteiger partial charge < -0.3 is 20.9 Å². The lowest BCUT2D eigenvalue weighted by Gasteiger charge is -2.12. The van der Waals surface area contributed by atoms with Crippen molar-refractivity contribution >= 4 is 57.8 Å². The average Bonchev–Trinajstić information content (AvgIpc) is 3.41. The second-order valence-electron chi connectivity index (χ2n) is 9.80. The quantitative estimate of drug-likeness (QED) is 0.113. The van der Waals surface area contributed by atoms with E-state index in [9.17, 15) is 14.4 Å². The monoisotopic (exact) mass is 574 g/mol. The number of aromatic amines is 1. The third-order valence-electron chi connectivity index (χ3n) is 6.58. The minimum absolute atomic E-state index is 0.0968. The Morgan fingerprint density at radius 1 is 0.833 bits per heavy atom. The summed E-state index contributed by atoms with van der Waals surface area (Å²) in [6, 6.07) is 29.7. The maximum atomic E-state index is 13.5. The van der Waals surface area contributed by atoms with E-state index in [4.69, 9.17) is 0 Å². The highest BCUT2D eigenvalue weighted by Crippen LogP contribution is 2.24. The fourth-order valence-corrected chi connectivity index (χ4v) is 5.13. The van der Waals surface area contributed by atoms with E-state index in [1.807, 2.05) is 74.5 Å². The lowest BCUT2D eigenvalue weighted by atomic mass is 10.1. The van der Waals surface area contributed by atoms with Crippen LogP contribution >= 0.6 is 11.8 Å². The largest absolute Gasteiger partial charge is 0.361 e. The number of hydrogen-bond donors (Lipinski definition) is 4. The van der Waals surface area contributed by atoms with Crippen LogP contribution in [0, 0.1) is 13.8 Å². The van der Waals surface area contributed by atoms with Crippen molar-refractivity contribution in [2.75, 3.05) is 16.4 Å². The zero-order valence-corrected chi connectivity index (χ0v) is 24.0. The number of aryl methyl sites for hydroxylation is 2. The van der Waals surface area contributed by atoms with Crippen LogP contribution in [0.25, 0.3) is 17.0 Å². The standard InChI is InChI=1S/C34H30N4O3S/c1-22-15-16-23(2)30(17-22)37-32(39)21-42-27-12-8-11-26(19-27)36-34(41)31(38-33(40)24-9-4-3-5-10-24)18-25-20-35-29-14-7-6-13-28(25)29/h3-20,35H,21H2,1-2H3,(H,36,41)(H,37,39)(H,38,40)/b31-18-. The molecule has 0 atom stereocenters. The molecule has 1 aromatic heterocycles. The molecule has 0 saturated carbocycles. The molecule has 0 saturated heterocycles. The fraction of sp³-hybridized carbons (Fsp3) is 0.0882. The summed E-state index contributed by atoms with van der Waals surface area (Å²) in [6.45, 7) is 3.94. The molecular formula is C34H30N4O3S. The van der Waals surface area contributed by atoms with Gasteiger partial charge in [-0.3, -0.25) is 14.4 Å². The second-order valence-corrected chi connectivity index (χ2v) is 10.9. The van der Waals surface area contributed by atoms with Crippen LogP contribution < -0.4 is 16.0 Å². The van der Waals surface area contributed by atoms with E-state index in [-0.39, 0.29) is 17.4 Å². The zero-order chi connectivity index (χ0) is 29.5. The van der Waals surface area contributed by atoms with Crippen molar-refractivity contribution in [1.29, 1.82) is 0 Å². The Kier molecular flexibility index (Phi) is 8.84. The summed E-state index contributed by atoms with van der Waals surface area (Å²) >= 11 is 1.37. The molecule has 0 aliphatic rings. The van der Waals surface area contributed by atoms with E-state index in [0.29, 0.717) is 11.3 Å². The molecule has 42 heavy (non-hydrogen) atoms. The first kappa shape index (κ1) is 28.4. The van der Waals surface area contributed by atoms with Crippen LogP contribution in [0.1, 0.15) is 27.0 Å². The molecule has 5 aromatic rings. The van der Waals surface area contributed by atoms with Crippen LogP contribution in [-0.4, -0.2) is 28.5 Å². The summed E-state index contributed by atoms with van der Waals surface area (Å²) in [5, 5.41) is 9.57. The van der Waals surface area contributed by atoms with Crippen LogP contribution in [0.4, 0.5) is 11.4 Å². The highest BCUT2D eigenvalue weighted by Gasteiger charge is 2.16. The highest BCUT2D eigenvalue weighted by molar-refractivity contribution is 8.00. The van der Waals surface area contributed by atoms with Crippen LogP contribution in [-0.2, 0) is 9.59 Å². The third kappa shape index (κ3) is 7.16. The number of carbonyl (C=O) groups excluding carboxylic acids is 3. The van der Waals surface area contributed by atoms with Gasteiger partial charge in [0.05, 0.1) is 5.75 Å². The Morgan fingerprint density at radius 3 is 2.45 bits per heavy atom. The van der Waals surface area contributed by atoms with Gasteiger partial charge in [0.15, 0.2) is 0 Å². The number of anilines is 2. The molecule has 0 radical (unpaired) electrons. The van der Waals surface area contributed by atoms with Crippen molar-refractivity contribution in [2.24, 2.45) is 0 Å². The summed E-state index contributed by atoms with van der Waals surface area (Å²) in [5.41, 5.74) is 5.64. The number of fused-ring (bicyclic) bond motifs is 1. The highest BCUT2D eigenvalue weighted by atomic mass is 32.2. The molecular weight excluding hydrogens is 544 g/mol. The van der Waals surface area contributed by atoms with E-state index in [2.05, 4.69) is 20.9 Å². The first-order chi connectivity index (χ1) is 20.4. The van der Waals surface area contributed by atoms with Crippen molar-refractivity contribution in [3.63, 3.8) is 0 Å². The molecule has 210 valence electrons. The SMILES string of the molecule is Cc1ccc(C)c(NC(=O)CSc2cccc(NC(=O)/C(=C/c3c[nH]c4ccccc34)NC(=O)c3ccccc3)c2)c1. The van der Waals surface area contributed by atoms with Crippen LogP contribution in [0.15, 0.2) is 114 Å². The lowest BCUT2D eigenvalue weighted by Crippen LogP contribution is -2.30. The van der Waals surface area contributed by atoms with Gasteiger partial charge in [0.2, 0.25) is 5.91 Å². The number of nitrogens with one attached hydrogen (secondary N) is 4. The van der Waals surface area contributed by atoms with Crippen LogP contribution in [0.2, 0.25) is 0 Å². The lowest BCUT2D eigenvalue weighted by molar-refractivity contribution is -0.114. The molecule has 8 heteroatoms. The Bertz CT molecular complexity index is 1790. The molecule has 0 aliphatic carbocycles. The number of H-pyrrole nitrogens is 1. The van der Waals surface area contributed by atoms with E-state index in [0.717, 1.165) is 38.2 Å². The number of aromatic nitrogens is 1. The summed E-state index contributed by atoms with van der Waals surface area (Å²) in [4.78, 5) is 43.1. The van der Waals surface area contributed by atoms with E-state index in [1.54, 1.807) is 48.7 Å². The Balaban J connectivity index is 1.31. The number of para-hydroxylation sites is 1. The minimum Gasteiger partial charge on any atom is -0.361 e. The number of benzene rings is 4. The minimum atomic E-state index is -0.473. The molecule has 0 fully saturated rings. The molecule has 5 rings (SSSR count). The molecule has 7 nitrogen and oxygen atoms in total. The van der Waals surface area contributed by atoms with E-state index < -0.39 is 11.8 Å². The van der Waals surface area contributed by atoms with Gasteiger partial charge in [-0.2, -0.15) is 0 Å². The first-order valence-corrected chi connectivity index (χ1v) is 14.4. The first-order valence-electron chi connectivity index (χ1n) is 13.4. The van der Waals surface area contributed by atoms with Crippen LogP contribution in [0.3, 0.4) is 0 Å². The molecule has 4 aromatic carbocycles. The smallest absolute Gasteiger partial charge is 0.272 e. The zero-order valence-electron chi connectivity index (χ0n) is 23.2. The Hall–Kier alpha value is -5.08. The van der Waals surface area contributed by atoms with Gasteiger partial charge >= 0.3 is 0 Å². The molecule has 3 amide bonds. The van der Waals surface area contributed by atoms with Crippen molar-refractivity contribution in [2.45, 2.75) is 18.7 Å². The number of hydrogen-bond acceptors (Lipinski definition) is 4. The van der Waals surface area contributed by atoms with Gasteiger partial charge in [-0.05, 0) is 73.5 Å². The molecule has 0 spiro atoms. The van der Waals surface area contributed by atoms with Gasteiger partial charge in [-0.15, -0.1) is 11.8 Å². The van der Waals surface area contributed by atoms with E-state index in [1.165, 1.54) is 11.8 Å². The Morgan fingerprint density at radius 2 is 1.62 bits per heavy atom. The Labute approximate surface area is 248 Å². The van der Waals surface area contributed by atoms with Crippen molar-refractivity contribution < 1.29 is 14.4 Å². The molecule has 1 heterocycles. The van der Waals surface area contributed by atoms with Gasteiger partial charge in [-0.1, -0.05) is 54.6 Å². The molecule has 4 N–H and O–H groups in total. The summed E-state index contributed by atoms with van der Waals surface area (Å²) in [5.74, 6) is -0.769. The number of amides is 3. The van der Waals surface area contributed by atoms with Gasteiger partial charge in [-0.25, -0.2) is 0 Å². The number of carbonyl (C=O) groups is 3. The van der Waals surface area contributed by atoms with Gasteiger partial charge in [0, 0.05) is 44.5 Å². The predicted octanol–water partition coefficient (Wildman–Crippen LogP) is 6.93. The summed E-state index contributed by atoms with van der Waals surface area (Å²) in [7, 11) is 0. The van der Waals surface area contributed by atoms with Crippen molar-refractivity contribution in [3.8, 4) is 0 Å². The molecule has 0 bridgehead atoms. The number of thioether (sulfide) groups is 1. The fourth-order valence-electron chi connectivity index (χ4n) is 4.38. The predicted molar refractivity (Wildman–Crippen MR) is 171 cm³/mol. The molecule has 0 aliphatic heterocycles. The summed E-state index contributed by atoms with van der Waals surface area (Å²) < 4.78 is 0. The maximum Gasteiger partial charge on any atom is 0.272 e. The van der Waals surface area contributed by atoms with Crippen molar-refractivity contribution in [3.05, 3.63) is 131 Å². The normalized spacial score (nSPS) is 11.2. The van der Waals surface area contributed by atoms with E-state index >= 15 is 0 Å².